The number of carbonyl (C=O) groups is 1. The number of nitrogens with one attached hydrogen (secondary N) is 1. The molecule has 1 amide bonds. The molecule has 0 saturated carbocycles. The lowest BCUT2D eigenvalue weighted by atomic mass is 10.1. The highest BCUT2D eigenvalue weighted by Gasteiger charge is 2.14. The van der Waals surface area contributed by atoms with Crippen LogP contribution < -0.4 is 5.32 Å². The molecule has 0 radical (unpaired) electrons. The van der Waals surface area contributed by atoms with E-state index in [-0.39, 0.29) is 17.0 Å². The summed E-state index contributed by atoms with van der Waals surface area (Å²) in [5.74, 6) is 0.387. The molecule has 0 aromatic heterocycles. The number of alkyl halides is 1. The van der Waals surface area contributed by atoms with Gasteiger partial charge in [0.1, 0.15) is 0 Å². The fourth-order valence-electron chi connectivity index (χ4n) is 1.44. The fraction of sp³-hybridized carbons (Fsp3) is 0.417. The Morgan fingerprint density at radius 3 is 2.76 bits per heavy atom. The lowest BCUT2D eigenvalue weighted by Crippen LogP contribution is -2.32. The van der Waals surface area contributed by atoms with E-state index in [0.29, 0.717) is 16.5 Å². The van der Waals surface area contributed by atoms with Gasteiger partial charge in [0, 0.05) is 11.9 Å². The second kappa shape index (κ2) is 7.10. The summed E-state index contributed by atoms with van der Waals surface area (Å²) in [6.07, 6.45) is 1.71. The molecule has 17 heavy (non-hydrogen) atoms. The molecule has 0 fully saturated rings. The van der Waals surface area contributed by atoms with Gasteiger partial charge in [-0.2, -0.15) is 0 Å². The summed E-state index contributed by atoms with van der Waals surface area (Å²) in [6, 6.07) is 5.07. The summed E-state index contributed by atoms with van der Waals surface area (Å²) in [4.78, 5) is 11.9. The van der Waals surface area contributed by atoms with Crippen molar-refractivity contribution in [2.45, 2.75) is 25.8 Å². The minimum Gasteiger partial charge on any atom is -0.350 e. The van der Waals surface area contributed by atoms with Crippen molar-refractivity contribution >= 4 is 40.7 Å². The minimum atomic E-state index is -0.209. The highest BCUT2D eigenvalue weighted by Crippen LogP contribution is 2.25. The molecule has 1 aromatic rings. The van der Waals surface area contributed by atoms with Gasteiger partial charge in [-0.1, -0.05) is 29.3 Å². The number of benzene rings is 1. The molecule has 0 saturated heterocycles. The maximum atomic E-state index is 11.9. The fourth-order valence-corrected chi connectivity index (χ4v) is 1.98. The average molecular weight is 295 g/mol. The first-order valence-corrected chi connectivity index (χ1v) is 6.66. The maximum Gasteiger partial charge on any atom is 0.253 e. The third kappa shape index (κ3) is 4.38. The molecule has 0 aliphatic carbocycles. The van der Waals surface area contributed by atoms with Gasteiger partial charge >= 0.3 is 0 Å². The molecular weight excluding hydrogens is 280 g/mol. The molecular formula is C12H14Cl3NO. The van der Waals surface area contributed by atoms with Crippen LogP contribution in [0, 0.1) is 0 Å². The van der Waals surface area contributed by atoms with E-state index in [1.807, 2.05) is 6.92 Å². The topological polar surface area (TPSA) is 29.1 Å². The predicted octanol–water partition coefficient (Wildman–Crippen LogP) is 4.13. The third-order valence-electron chi connectivity index (χ3n) is 2.34. The summed E-state index contributed by atoms with van der Waals surface area (Å²) in [6.45, 7) is 1.93. The van der Waals surface area contributed by atoms with E-state index in [9.17, 15) is 4.79 Å². The first kappa shape index (κ1) is 14.6. The lowest BCUT2D eigenvalue weighted by molar-refractivity contribution is 0.0938. The molecule has 2 nitrogen and oxygen atoms in total. The van der Waals surface area contributed by atoms with E-state index in [0.717, 1.165) is 12.8 Å². The molecule has 1 rings (SSSR count). The lowest BCUT2D eigenvalue weighted by Gasteiger charge is -2.14. The molecule has 0 aliphatic rings. The zero-order valence-electron chi connectivity index (χ0n) is 9.47. The Labute approximate surface area is 116 Å². The van der Waals surface area contributed by atoms with Crippen molar-refractivity contribution in [3.8, 4) is 0 Å². The molecule has 0 bridgehead atoms. The summed E-state index contributed by atoms with van der Waals surface area (Å²) in [5.41, 5.74) is 0.400. The summed E-state index contributed by atoms with van der Waals surface area (Å²) >= 11 is 17.4. The largest absolute Gasteiger partial charge is 0.350 e. The van der Waals surface area contributed by atoms with E-state index in [4.69, 9.17) is 34.8 Å². The van der Waals surface area contributed by atoms with Crippen LogP contribution in [0.1, 0.15) is 30.1 Å². The molecule has 0 heterocycles. The van der Waals surface area contributed by atoms with E-state index in [1.165, 1.54) is 0 Å². The summed E-state index contributed by atoms with van der Waals surface area (Å²) in [7, 11) is 0. The van der Waals surface area contributed by atoms with Gasteiger partial charge in [-0.25, -0.2) is 0 Å². The Kier molecular flexibility index (Phi) is 6.10. The van der Waals surface area contributed by atoms with Gasteiger partial charge in [0.2, 0.25) is 0 Å². The molecule has 0 spiro atoms. The second-order valence-electron chi connectivity index (χ2n) is 3.81. The minimum absolute atomic E-state index is 0.0660. The van der Waals surface area contributed by atoms with Crippen LogP contribution in [0.15, 0.2) is 18.2 Å². The number of carbonyl (C=O) groups excluding carboxylic acids is 1. The van der Waals surface area contributed by atoms with Crippen molar-refractivity contribution in [2.75, 3.05) is 5.88 Å². The van der Waals surface area contributed by atoms with Gasteiger partial charge in [0.05, 0.1) is 15.6 Å². The first-order valence-electron chi connectivity index (χ1n) is 5.37. The Morgan fingerprint density at radius 2 is 2.12 bits per heavy atom. The summed E-state index contributed by atoms with van der Waals surface area (Å²) in [5, 5.41) is 3.53. The highest BCUT2D eigenvalue weighted by atomic mass is 35.5. The Morgan fingerprint density at radius 1 is 1.41 bits per heavy atom. The smallest absolute Gasteiger partial charge is 0.253 e. The van der Waals surface area contributed by atoms with E-state index >= 15 is 0 Å². The Hall–Kier alpha value is -0.440. The SMILES string of the molecule is CC(CCCCl)NC(=O)c1cccc(Cl)c1Cl. The molecule has 0 aliphatic heterocycles. The molecule has 1 atom stereocenters. The van der Waals surface area contributed by atoms with Crippen LogP contribution in [-0.2, 0) is 0 Å². The van der Waals surface area contributed by atoms with Crippen molar-refractivity contribution in [2.24, 2.45) is 0 Å². The number of amides is 1. The predicted molar refractivity (Wildman–Crippen MR) is 73.3 cm³/mol. The number of halogens is 3. The molecule has 1 N–H and O–H groups in total. The van der Waals surface area contributed by atoms with Gasteiger partial charge in [-0.15, -0.1) is 11.6 Å². The average Bonchev–Trinajstić information content (AvgIpc) is 2.29. The van der Waals surface area contributed by atoms with Gasteiger partial charge < -0.3 is 5.32 Å². The van der Waals surface area contributed by atoms with E-state index in [1.54, 1.807) is 18.2 Å². The van der Waals surface area contributed by atoms with Gasteiger partial charge in [0.15, 0.2) is 0 Å². The zero-order chi connectivity index (χ0) is 12.8. The molecule has 5 heteroatoms. The summed E-state index contributed by atoms with van der Waals surface area (Å²) < 4.78 is 0. The number of rotatable bonds is 5. The monoisotopic (exact) mass is 293 g/mol. The van der Waals surface area contributed by atoms with Crippen LogP contribution in [0.4, 0.5) is 0 Å². The second-order valence-corrected chi connectivity index (χ2v) is 4.97. The van der Waals surface area contributed by atoms with Crippen molar-refractivity contribution in [1.29, 1.82) is 0 Å². The van der Waals surface area contributed by atoms with Crippen LogP contribution in [0.5, 0.6) is 0 Å². The van der Waals surface area contributed by atoms with Gasteiger partial charge in [-0.05, 0) is 31.9 Å². The van der Waals surface area contributed by atoms with Crippen LogP contribution in [0.25, 0.3) is 0 Å². The Bertz CT molecular complexity index is 395. The highest BCUT2D eigenvalue weighted by molar-refractivity contribution is 6.43. The van der Waals surface area contributed by atoms with Crippen molar-refractivity contribution in [3.63, 3.8) is 0 Å². The van der Waals surface area contributed by atoms with Gasteiger partial charge in [-0.3, -0.25) is 4.79 Å². The normalized spacial score (nSPS) is 12.2. The molecule has 1 aromatic carbocycles. The molecule has 94 valence electrons. The third-order valence-corrected chi connectivity index (χ3v) is 3.43. The standard InChI is InChI=1S/C12H14Cl3NO/c1-8(4-3-7-13)16-12(17)9-5-2-6-10(14)11(9)15/h2,5-6,8H,3-4,7H2,1H3,(H,16,17). The van der Waals surface area contributed by atoms with Crippen molar-refractivity contribution in [3.05, 3.63) is 33.8 Å². The van der Waals surface area contributed by atoms with Crippen molar-refractivity contribution < 1.29 is 4.79 Å². The van der Waals surface area contributed by atoms with Crippen LogP contribution in [0.2, 0.25) is 10.0 Å². The zero-order valence-corrected chi connectivity index (χ0v) is 11.7. The quantitative estimate of drug-likeness (QED) is 0.813. The van der Waals surface area contributed by atoms with Crippen LogP contribution in [0.3, 0.4) is 0 Å². The number of hydrogen-bond donors (Lipinski definition) is 1. The van der Waals surface area contributed by atoms with E-state index < -0.39 is 0 Å². The van der Waals surface area contributed by atoms with Crippen LogP contribution in [-0.4, -0.2) is 17.8 Å². The van der Waals surface area contributed by atoms with E-state index in [2.05, 4.69) is 5.32 Å². The van der Waals surface area contributed by atoms with Gasteiger partial charge in [0.25, 0.3) is 5.91 Å². The number of hydrogen-bond acceptors (Lipinski definition) is 1. The molecule has 1 unspecified atom stereocenters. The van der Waals surface area contributed by atoms with Crippen molar-refractivity contribution in [1.82, 2.24) is 5.32 Å². The first-order chi connectivity index (χ1) is 8.06. The van der Waals surface area contributed by atoms with Crippen LogP contribution >= 0.6 is 34.8 Å². The Balaban J connectivity index is 2.67. The maximum absolute atomic E-state index is 11.9.